The highest BCUT2D eigenvalue weighted by atomic mass is 16.5. The largest absolute Gasteiger partial charge is 0.497 e. The summed E-state index contributed by atoms with van der Waals surface area (Å²) in [7, 11) is 1.73. The average molecular weight is 281 g/mol. The Hall–Kier alpha value is -1.80. The van der Waals surface area contributed by atoms with Crippen LogP contribution in [0.3, 0.4) is 0 Å². The maximum absolute atomic E-state index is 5.35. The molecule has 2 aromatic carbocycles. The Labute approximate surface area is 127 Å². The second-order valence-corrected chi connectivity index (χ2v) is 5.97. The van der Waals surface area contributed by atoms with Crippen molar-refractivity contribution in [2.24, 2.45) is 0 Å². The molecule has 2 heteroatoms. The van der Waals surface area contributed by atoms with E-state index in [0.29, 0.717) is 12.0 Å². The van der Waals surface area contributed by atoms with E-state index in [0.717, 1.165) is 18.8 Å². The van der Waals surface area contributed by atoms with E-state index >= 15 is 0 Å². The van der Waals surface area contributed by atoms with Crippen LogP contribution in [0.15, 0.2) is 54.6 Å². The SMILES string of the molecule is COc1cccc(C2CC(C)N(Cc3ccccc3)C2)c1. The number of likely N-dealkylation sites (tertiary alicyclic amines) is 1. The summed E-state index contributed by atoms with van der Waals surface area (Å²) in [5, 5.41) is 0. The smallest absolute Gasteiger partial charge is 0.119 e. The van der Waals surface area contributed by atoms with Gasteiger partial charge in [-0.25, -0.2) is 0 Å². The molecule has 1 aliphatic heterocycles. The van der Waals surface area contributed by atoms with Crippen LogP contribution in [-0.2, 0) is 6.54 Å². The maximum atomic E-state index is 5.35. The van der Waals surface area contributed by atoms with Crippen LogP contribution in [0.25, 0.3) is 0 Å². The molecular weight excluding hydrogens is 258 g/mol. The molecular formula is C19H23NO. The summed E-state index contributed by atoms with van der Waals surface area (Å²) >= 11 is 0. The molecule has 0 N–H and O–H groups in total. The highest BCUT2D eigenvalue weighted by Crippen LogP contribution is 2.33. The van der Waals surface area contributed by atoms with Crippen LogP contribution < -0.4 is 4.74 Å². The molecule has 1 saturated heterocycles. The molecule has 0 spiro atoms. The van der Waals surface area contributed by atoms with Gasteiger partial charge in [0.15, 0.2) is 0 Å². The first kappa shape index (κ1) is 14.2. The molecule has 2 atom stereocenters. The van der Waals surface area contributed by atoms with E-state index in [-0.39, 0.29) is 0 Å². The Bertz CT molecular complexity index is 581. The maximum Gasteiger partial charge on any atom is 0.119 e. The number of nitrogens with zero attached hydrogens (tertiary/aromatic N) is 1. The van der Waals surface area contributed by atoms with Gasteiger partial charge >= 0.3 is 0 Å². The lowest BCUT2D eigenvalue weighted by Gasteiger charge is -2.21. The monoisotopic (exact) mass is 281 g/mol. The highest BCUT2D eigenvalue weighted by Gasteiger charge is 2.29. The van der Waals surface area contributed by atoms with Gasteiger partial charge in [0.25, 0.3) is 0 Å². The van der Waals surface area contributed by atoms with Crippen LogP contribution in [0.4, 0.5) is 0 Å². The van der Waals surface area contributed by atoms with E-state index in [1.165, 1.54) is 17.5 Å². The van der Waals surface area contributed by atoms with Gasteiger partial charge in [0.2, 0.25) is 0 Å². The zero-order valence-electron chi connectivity index (χ0n) is 12.8. The molecule has 110 valence electrons. The fraction of sp³-hybridized carbons (Fsp3) is 0.368. The van der Waals surface area contributed by atoms with Crippen molar-refractivity contribution in [2.45, 2.75) is 31.8 Å². The molecule has 0 saturated carbocycles. The van der Waals surface area contributed by atoms with Crippen molar-refractivity contribution in [3.05, 3.63) is 65.7 Å². The predicted molar refractivity (Wildman–Crippen MR) is 86.7 cm³/mol. The third-order valence-corrected chi connectivity index (χ3v) is 4.50. The Balaban J connectivity index is 1.70. The van der Waals surface area contributed by atoms with E-state index in [1.807, 2.05) is 6.07 Å². The summed E-state index contributed by atoms with van der Waals surface area (Å²) in [6.07, 6.45) is 1.22. The standard InChI is InChI=1S/C19H23NO/c1-15-11-18(17-9-6-10-19(12-17)21-2)14-20(15)13-16-7-4-3-5-8-16/h3-10,12,15,18H,11,13-14H2,1-2H3. The molecule has 0 bridgehead atoms. The number of methoxy groups -OCH3 is 1. The Kier molecular flexibility index (Phi) is 4.26. The van der Waals surface area contributed by atoms with Gasteiger partial charge in [-0.15, -0.1) is 0 Å². The number of benzene rings is 2. The zero-order valence-corrected chi connectivity index (χ0v) is 12.8. The molecule has 1 fully saturated rings. The van der Waals surface area contributed by atoms with Crippen LogP contribution in [0.1, 0.15) is 30.4 Å². The second kappa shape index (κ2) is 6.31. The first-order chi connectivity index (χ1) is 10.3. The van der Waals surface area contributed by atoms with Gasteiger partial charge < -0.3 is 4.74 Å². The molecule has 3 rings (SSSR count). The zero-order chi connectivity index (χ0) is 14.7. The Morgan fingerprint density at radius 3 is 2.67 bits per heavy atom. The lowest BCUT2D eigenvalue weighted by atomic mass is 9.96. The molecule has 0 aliphatic carbocycles. The fourth-order valence-corrected chi connectivity index (χ4v) is 3.27. The molecule has 2 nitrogen and oxygen atoms in total. The lowest BCUT2D eigenvalue weighted by molar-refractivity contribution is 0.259. The molecule has 0 aromatic heterocycles. The third-order valence-electron chi connectivity index (χ3n) is 4.50. The van der Waals surface area contributed by atoms with Crippen LogP contribution in [0.5, 0.6) is 5.75 Å². The lowest BCUT2D eigenvalue weighted by Crippen LogP contribution is -2.26. The van der Waals surface area contributed by atoms with Gasteiger partial charge in [-0.3, -0.25) is 4.90 Å². The van der Waals surface area contributed by atoms with Crippen molar-refractivity contribution in [2.75, 3.05) is 13.7 Å². The number of ether oxygens (including phenoxy) is 1. The minimum atomic E-state index is 0.610. The molecule has 2 aromatic rings. The molecule has 0 amide bonds. The van der Waals surface area contributed by atoms with E-state index in [9.17, 15) is 0 Å². The second-order valence-electron chi connectivity index (χ2n) is 5.97. The van der Waals surface area contributed by atoms with Gasteiger partial charge in [-0.2, -0.15) is 0 Å². The Morgan fingerprint density at radius 1 is 1.10 bits per heavy atom. The van der Waals surface area contributed by atoms with Gasteiger partial charge in [-0.1, -0.05) is 42.5 Å². The normalized spacial score (nSPS) is 22.4. The van der Waals surface area contributed by atoms with Crippen molar-refractivity contribution in [3.63, 3.8) is 0 Å². The van der Waals surface area contributed by atoms with Crippen LogP contribution >= 0.6 is 0 Å². The quantitative estimate of drug-likeness (QED) is 0.837. The van der Waals surface area contributed by atoms with Crippen molar-refractivity contribution >= 4 is 0 Å². The molecule has 1 heterocycles. The Morgan fingerprint density at radius 2 is 1.90 bits per heavy atom. The molecule has 2 unspecified atom stereocenters. The van der Waals surface area contributed by atoms with Crippen LogP contribution in [0, 0.1) is 0 Å². The van der Waals surface area contributed by atoms with Crippen LogP contribution in [-0.4, -0.2) is 24.6 Å². The molecule has 0 radical (unpaired) electrons. The summed E-state index contributed by atoms with van der Waals surface area (Å²) in [5.74, 6) is 1.57. The first-order valence-corrected chi connectivity index (χ1v) is 7.68. The summed E-state index contributed by atoms with van der Waals surface area (Å²) in [6.45, 7) is 4.51. The van der Waals surface area contributed by atoms with Gasteiger partial charge in [0, 0.05) is 19.1 Å². The minimum Gasteiger partial charge on any atom is -0.497 e. The van der Waals surface area contributed by atoms with Crippen LogP contribution in [0.2, 0.25) is 0 Å². The van der Waals surface area contributed by atoms with E-state index < -0.39 is 0 Å². The number of rotatable bonds is 4. The fourth-order valence-electron chi connectivity index (χ4n) is 3.27. The first-order valence-electron chi connectivity index (χ1n) is 7.68. The van der Waals surface area contributed by atoms with E-state index in [2.05, 4.69) is 60.4 Å². The molecule has 21 heavy (non-hydrogen) atoms. The highest BCUT2D eigenvalue weighted by molar-refractivity contribution is 5.32. The van der Waals surface area contributed by atoms with Gasteiger partial charge in [-0.05, 0) is 42.5 Å². The average Bonchev–Trinajstić information content (AvgIpc) is 2.89. The summed E-state index contributed by atoms with van der Waals surface area (Å²) in [4.78, 5) is 2.58. The number of hydrogen-bond acceptors (Lipinski definition) is 2. The minimum absolute atomic E-state index is 0.610. The van der Waals surface area contributed by atoms with Crippen molar-refractivity contribution in [1.82, 2.24) is 4.90 Å². The topological polar surface area (TPSA) is 12.5 Å². The van der Waals surface area contributed by atoms with E-state index in [4.69, 9.17) is 4.74 Å². The third kappa shape index (κ3) is 3.27. The summed E-state index contributed by atoms with van der Waals surface area (Å²) in [5.41, 5.74) is 2.80. The van der Waals surface area contributed by atoms with Gasteiger partial charge in [0.1, 0.15) is 5.75 Å². The molecule has 1 aliphatic rings. The van der Waals surface area contributed by atoms with Gasteiger partial charge in [0.05, 0.1) is 7.11 Å². The summed E-state index contributed by atoms with van der Waals surface area (Å²) in [6, 6.07) is 19.9. The van der Waals surface area contributed by atoms with E-state index in [1.54, 1.807) is 7.11 Å². The van der Waals surface area contributed by atoms with Crippen molar-refractivity contribution in [1.29, 1.82) is 0 Å². The van der Waals surface area contributed by atoms with Crippen molar-refractivity contribution < 1.29 is 4.74 Å². The predicted octanol–water partition coefficient (Wildman–Crippen LogP) is 4.07. The summed E-state index contributed by atoms with van der Waals surface area (Å²) < 4.78 is 5.35. The number of hydrogen-bond donors (Lipinski definition) is 0. The van der Waals surface area contributed by atoms with Crippen molar-refractivity contribution in [3.8, 4) is 5.75 Å².